The number of hydrogen-bond donors (Lipinski definition) is 0. The van der Waals surface area contributed by atoms with E-state index in [-0.39, 0.29) is 0 Å². The molecule has 0 aromatic heterocycles. The van der Waals surface area contributed by atoms with Crippen LogP contribution in [-0.4, -0.2) is 19.8 Å². The van der Waals surface area contributed by atoms with E-state index in [0.29, 0.717) is 7.11 Å². The summed E-state index contributed by atoms with van der Waals surface area (Å²) in [6.07, 6.45) is -11.1. The fourth-order valence-electron chi connectivity index (χ4n) is 0.347. The molecule has 0 aliphatic rings. The van der Waals surface area contributed by atoms with E-state index in [2.05, 4.69) is 13.6 Å². The van der Waals surface area contributed by atoms with Gasteiger partial charge in [0.05, 0.1) is 0 Å². The molecule has 0 spiro atoms. The molecule has 0 aliphatic heterocycles. The lowest BCUT2D eigenvalue weighted by molar-refractivity contribution is -0.314. The van der Waals surface area contributed by atoms with Gasteiger partial charge in [0.25, 0.3) is 0 Å². The zero-order valence-corrected chi connectivity index (χ0v) is 7.24. The van der Waals surface area contributed by atoms with Gasteiger partial charge in [-0.1, -0.05) is 0 Å². The van der Waals surface area contributed by atoms with Crippen LogP contribution in [0, 0.1) is 0 Å². The Morgan fingerprint density at radius 1 is 0.929 bits per heavy atom. The Morgan fingerprint density at radius 2 is 1.21 bits per heavy atom. The number of phosphoric acid groups is 1. The number of hydrogen-bond acceptors (Lipinski definition) is 4. The highest BCUT2D eigenvalue weighted by Crippen LogP contribution is 2.56. The third kappa shape index (κ3) is 6.19. The smallest absolute Gasteiger partial charge is 0.290 e. The van der Waals surface area contributed by atoms with Crippen LogP contribution >= 0.6 is 7.82 Å². The number of phosphoric ester groups is 1. The maximum atomic E-state index is 11.4. The fraction of sp³-hybridized carbons (Fsp3) is 1.00. The molecular weight excluding hydrogens is 245 g/mol. The van der Waals surface area contributed by atoms with E-state index in [0.717, 1.165) is 0 Å². The van der Waals surface area contributed by atoms with E-state index in [9.17, 15) is 30.9 Å². The summed E-state index contributed by atoms with van der Waals surface area (Å²) in [6, 6.07) is 0. The van der Waals surface area contributed by atoms with Crippen LogP contribution in [-0.2, 0) is 18.1 Å². The van der Waals surface area contributed by atoms with Crippen molar-refractivity contribution in [2.75, 3.05) is 7.11 Å². The lowest BCUT2D eigenvalue weighted by Gasteiger charge is -2.17. The molecule has 0 heterocycles. The Balaban J connectivity index is 4.59. The van der Waals surface area contributed by atoms with E-state index in [4.69, 9.17) is 0 Å². The van der Waals surface area contributed by atoms with Crippen LogP contribution < -0.4 is 0 Å². The maximum absolute atomic E-state index is 11.4. The zero-order chi connectivity index (χ0) is 11.6. The fourth-order valence-corrected chi connectivity index (χ4v) is 1.04. The first-order valence-corrected chi connectivity index (χ1v) is 4.14. The molecule has 0 aliphatic carbocycles. The monoisotopic (exact) mass is 248 g/mol. The minimum atomic E-state index is -5.69. The molecule has 0 radical (unpaired) electrons. The third-order valence-corrected chi connectivity index (χ3v) is 1.96. The molecule has 0 rings (SSSR count). The summed E-state index contributed by atoms with van der Waals surface area (Å²) in [5, 5.41) is 0. The molecule has 4 nitrogen and oxygen atoms in total. The Morgan fingerprint density at radius 3 is 1.36 bits per heavy atom. The topological polar surface area (TPSA) is 44.8 Å². The third-order valence-electron chi connectivity index (χ3n) is 0.654. The minimum absolute atomic E-state index is 0.318. The van der Waals surface area contributed by atoms with Gasteiger partial charge in [-0.05, 0) is 0 Å². The van der Waals surface area contributed by atoms with Crippen molar-refractivity contribution in [2.45, 2.75) is 12.7 Å². The Labute approximate surface area is 73.4 Å². The molecule has 0 saturated heterocycles. The maximum Gasteiger partial charge on any atom is 0.531 e. The van der Waals surface area contributed by atoms with Crippen LogP contribution in [0.1, 0.15) is 0 Å². The Hall–Kier alpha value is -0.310. The molecule has 0 bridgehead atoms. The van der Waals surface area contributed by atoms with Crippen LogP contribution in [0.4, 0.5) is 26.3 Å². The first kappa shape index (κ1) is 13.7. The second-order valence-corrected chi connectivity index (χ2v) is 3.33. The minimum Gasteiger partial charge on any atom is -0.290 e. The highest BCUT2D eigenvalue weighted by atomic mass is 31.2. The highest BCUT2D eigenvalue weighted by molar-refractivity contribution is 7.48. The van der Waals surface area contributed by atoms with Crippen LogP contribution in [0.3, 0.4) is 0 Å². The molecule has 0 unspecified atom stereocenters. The molecule has 0 amide bonds. The second kappa shape index (κ2) is 4.05. The lowest BCUT2D eigenvalue weighted by atomic mass is 11.4. The summed E-state index contributed by atoms with van der Waals surface area (Å²) in [4.78, 5) is 0. The summed E-state index contributed by atoms with van der Waals surface area (Å²) in [6.45, 7) is 0. The van der Waals surface area contributed by atoms with Crippen molar-refractivity contribution < 1.29 is 44.5 Å². The van der Waals surface area contributed by atoms with Gasteiger partial charge >= 0.3 is 20.5 Å². The van der Waals surface area contributed by atoms with Crippen molar-refractivity contribution in [3.05, 3.63) is 0 Å². The summed E-state index contributed by atoms with van der Waals surface area (Å²) in [5.41, 5.74) is 0. The van der Waals surface area contributed by atoms with Crippen molar-refractivity contribution in [1.82, 2.24) is 0 Å². The van der Waals surface area contributed by atoms with Gasteiger partial charge in [0.2, 0.25) is 0 Å². The van der Waals surface area contributed by atoms with Gasteiger partial charge in [0.15, 0.2) is 0 Å². The van der Waals surface area contributed by atoms with Crippen molar-refractivity contribution in [3.63, 3.8) is 0 Å². The lowest BCUT2D eigenvalue weighted by Crippen LogP contribution is -2.18. The van der Waals surface area contributed by atoms with E-state index >= 15 is 0 Å². The van der Waals surface area contributed by atoms with Gasteiger partial charge in [0.1, 0.15) is 0 Å². The van der Waals surface area contributed by atoms with Crippen molar-refractivity contribution >= 4 is 7.82 Å². The number of alkyl halides is 6. The Bertz CT molecular complexity index is 212. The number of rotatable bonds is 3. The van der Waals surface area contributed by atoms with Crippen molar-refractivity contribution in [3.8, 4) is 0 Å². The van der Waals surface area contributed by atoms with E-state index in [1.165, 1.54) is 0 Å². The van der Waals surface area contributed by atoms with Crippen LogP contribution in [0.5, 0.6) is 0 Å². The predicted octanol–water partition coefficient (Wildman–Crippen LogP) is 2.81. The average molecular weight is 248 g/mol. The molecule has 11 heteroatoms. The van der Waals surface area contributed by atoms with Gasteiger partial charge in [-0.15, -0.1) is 26.3 Å². The largest absolute Gasteiger partial charge is 0.531 e. The first-order valence-electron chi connectivity index (χ1n) is 2.68. The molecule has 0 fully saturated rings. The summed E-state index contributed by atoms with van der Waals surface area (Å²) in [7, 11) is -5.38. The van der Waals surface area contributed by atoms with Gasteiger partial charge in [-0.2, -0.15) is 9.05 Å². The molecule has 86 valence electrons. The van der Waals surface area contributed by atoms with Crippen LogP contribution in [0.15, 0.2) is 0 Å². The number of halogens is 6. The normalized spacial score (nSPS) is 14.5. The van der Waals surface area contributed by atoms with E-state index in [1.807, 2.05) is 0 Å². The standard InChI is InChI=1S/C3H3F6O4P/c1-11-14(10,12-2(4,5)6)13-3(7,8)9/h1H3. The molecule has 0 N–H and O–H groups in total. The van der Waals surface area contributed by atoms with Crippen molar-refractivity contribution in [2.24, 2.45) is 0 Å². The summed E-state index contributed by atoms with van der Waals surface area (Å²) >= 11 is 0. The van der Waals surface area contributed by atoms with E-state index < -0.39 is 20.5 Å². The van der Waals surface area contributed by atoms with Gasteiger partial charge in [0, 0.05) is 7.11 Å². The first-order chi connectivity index (χ1) is 5.97. The van der Waals surface area contributed by atoms with Gasteiger partial charge < -0.3 is 0 Å². The van der Waals surface area contributed by atoms with Gasteiger partial charge in [-0.3, -0.25) is 4.52 Å². The molecule has 0 aromatic carbocycles. The molecule has 0 atom stereocenters. The predicted molar refractivity (Wildman–Crippen MR) is 28.9 cm³/mol. The van der Waals surface area contributed by atoms with Crippen molar-refractivity contribution in [1.29, 1.82) is 0 Å². The summed E-state index contributed by atoms with van der Waals surface area (Å²) in [5.74, 6) is 0. The molecular formula is C3H3F6O4P. The van der Waals surface area contributed by atoms with E-state index in [1.54, 1.807) is 0 Å². The second-order valence-electron chi connectivity index (χ2n) is 1.70. The highest BCUT2D eigenvalue weighted by Gasteiger charge is 2.49. The SMILES string of the molecule is COP(=O)(OC(F)(F)F)OC(F)(F)F. The quantitative estimate of drug-likeness (QED) is 0.569. The Kier molecular flexibility index (Phi) is 3.96. The molecule has 14 heavy (non-hydrogen) atoms. The molecule has 0 aromatic rings. The van der Waals surface area contributed by atoms with Crippen LogP contribution in [0.25, 0.3) is 0 Å². The van der Waals surface area contributed by atoms with Gasteiger partial charge in [-0.25, -0.2) is 4.57 Å². The zero-order valence-electron chi connectivity index (χ0n) is 6.35. The van der Waals surface area contributed by atoms with Crippen LogP contribution in [0.2, 0.25) is 0 Å². The molecule has 0 saturated carbocycles. The summed E-state index contributed by atoms with van der Waals surface area (Å²) < 4.78 is 87.3. The average Bonchev–Trinajstić information content (AvgIpc) is 1.78.